The summed E-state index contributed by atoms with van der Waals surface area (Å²) in [6.07, 6.45) is 3.64. The van der Waals surface area contributed by atoms with Gasteiger partial charge >= 0.3 is 0 Å². The largest absolute Gasteiger partial charge is 0.497 e. The second-order valence-corrected chi connectivity index (χ2v) is 9.89. The molecule has 1 fully saturated rings. The normalized spacial score (nSPS) is 15.7. The Bertz CT molecular complexity index is 1180. The predicted molar refractivity (Wildman–Crippen MR) is 137 cm³/mol. The van der Waals surface area contributed by atoms with Gasteiger partial charge in [-0.05, 0) is 88.3 Å². The molecule has 2 aromatic carbocycles. The number of thioether (sulfide) groups is 1. The van der Waals surface area contributed by atoms with E-state index < -0.39 is 5.25 Å². The number of nitrogens with zero attached hydrogens (tertiary/aromatic N) is 5. The lowest BCUT2D eigenvalue weighted by Gasteiger charge is -2.32. The Morgan fingerprint density at radius 1 is 1.06 bits per heavy atom. The van der Waals surface area contributed by atoms with Crippen LogP contribution in [0.15, 0.2) is 53.7 Å². The number of ether oxygens (including phenoxy) is 1. The number of hydrogen-bond donors (Lipinski definition) is 1. The van der Waals surface area contributed by atoms with E-state index in [4.69, 9.17) is 10.00 Å². The van der Waals surface area contributed by atoms with Crippen LogP contribution in [0.3, 0.4) is 0 Å². The molecule has 182 valence electrons. The maximum Gasteiger partial charge on any atom is 0.237 e. The number of likely N-dealkylation sites (tertiary alicyclic amines) is 1. The Labute approximate surface area is 210 Å². The summed E-state index contributed by atoms with van der Waals surface area (Å²) in [4.78, 5) is 15.4. The molecule has 0 spiro atoms. The molecule has 9 heteroatoms. The zero-order valence-corrected chi connectivity index (χ0v) is 21.1. The van der Waals surface area contributed by atoms with Crippen molar-refractivity contribution in [2.45, 2.75) is 49.6 Å². The van der Waals surface area contributed by atoms with Crippen molar-refractivity contribution >= 4 is 23.4 Å². The molecule has 8 nitrogen and oxygen atoms in total. The lowest BCUT2D eigenvalue weighted by molar-refractivity contribution is -0.115. The quantitative estimate of drug-likeness (QED) is 0.453. The van der Waals surface area contributed by atoms with Gasteiger partial charge in [-0.15, -0.1) is 10.2 Å². The van der Waals surface area contributed by atoms with E-state index in [9.17, 15) is 4.79 Å². The number of piperidine rings is 1. The third-order valence-electron chi connectivity index (χ3n) is 6.23. The van der Waals surface area contributed by atoms with Crippen molar-refractivity contribution < 1.29 is 9.53 Å². The molecular formula is C26H30N6O2S. The van der Waals surface area contributed by atoms with Crippen molar-refractivity contribution in [3.05, 3.63) is 59.9 Å². The first-order valence-corrected chi connectivity index (χ1v) is 12.7. The molecular weight excluding hydrogens is 460 g/mol. The number of rotatable bonds is 8. The minimum Gasteiger partial charge on any atom is -0.497 e. The predicted octanol–water partition coefficient (Wildman–Crippen LogP) is 4.81. The van der Waals surface area contributed by atoms with Gasteiger partial charge in [0.2, 0.25) is 5.91 Å². The Balaban J connectivity index is 1.58. The van der Waals surface area contributed by atoms with Crippen LogP contribution in [0.1, 0.15) is 50.5 Å². The highest BCUT2D eigenvalue weighted by molar-refractivity contribution is 8.00. The number of anilines is 1. The van der Waals surface area contributed by atoms with Crippen LogP contribution < -0.4 is 10.1 Å². The van der Waals surface area contributed by atoms with Crippen molar-refractivity contribution in [2.24, 2.45) is 0 Å². The summed E-state index contributed by atoms with van der Waals surface area (Å²) in [6.45, 7) is 6.11. The van der Waals surface area contributed by atoms with Gasteiger partial charge in [0.05, 0.1) is 30.0 Å². The molecule has 4 rings (SSSR count). The molecule has 0 saturated carbocycles. The van der Waals surface area contributed by atoms with E-state index in [0.717, 1.165) is 30.4 Å². The van der Waals surface area contributed by atoms with Crippen LogP contribution in [0.25, 0.3) is 5.69 Å². The molecule has 2 atom stereocenters. The van der Waals surface area contributed by atoms with Gasteiger partial charge in [0.1, 0.15) is 5.75 Å². The smallest absolute Gasteiger partial charge is 0.237 e. The van der Waals surface area contributed by atoms with Crippen LogP contribution in [0.5, 0.6) is 5.75 Å². The van der Waals surface area contributed by atoms with Gasteiger partial charge in [0.15, 0.2) is 11.0 Å². The highest BCUT2D eigenvalue weighted by Gasteiger charge is 2.27. The standard InChI is InChI=1S/C26H30N6O2S/c1-18(31-15-5-4-6-16-31)24-29-30-26(32(24)22-11-13-23(34-3)14-12-22)35-19(2)25(33)28-21-9-7-20(17-27)8-10-21/h7-14,18-19H,4-6,15-16H2,1-3H3,(H,28,33)/t18-,19+/m1/s1. The van der Waals surface area contributed by atoms with Crippen LogP contribution in [0, 0.1) is 11.3 Å². The Morgan fingerprint density at radius 2 is 1.74 bits per heavy atom. The van der Waals surface area contributed by atoms with Crippen LogP contribution in [0.2, 0.25) is 0 Å². The monoisotopic (exact) mass is 490 g/mol. The molecule has 1 amide bonds. The van der Waals surface area contributed by atoms with Crippen LogP contribution in [-0.2, 0) is 4.79 Å². The molecule has 3 aromatic rings. The van der Waals surface area contributed by atoms with Gasteiger partial charge in [-0.25, -0.2) is 0 Å². The van der Waals surface area contributed by atoms with E-state index in [1.165, 1.54) is 31.0 Å². The number of aromatic nitrogens is 3. The Morgan fingerprint density at radius 3 is 2.37 bits per heavy atom. The third kappa shape index (κ3) is 5.84. The molecule has 0 radical (unpaired) electrons. The number of carbonyl (C=O) groups excluding carboxylic acids is 1. The number of nitrogens with one attached hydrogen (secondary N) is 1. The molecule has 0 bridgehead atoms. The molecule has 1 aromatic heterocycles. The first-order chi connectivity index (χ1) is 17.0. The summed E-state index contributed by atoms with van der Waals surface area (Å²) in [5.74, 6) is 1.49. The average molecular weight is 491 g/mol. The molecule has 35 heavy (non-hydrogen) atoms. The second-order valence-electron chi connectivity index (χ2n) is 8.59. The lowest BCUT2D eigenvalue weighted by Crippen LogP contribution is -2.33. The van der Waals surface area contributed by atoms with Gasteiger partial charge in [0, 0.05) is 11.4 Å². The molecule has 2 heterocycles. The van der Waals surface area contributed by atoms with Gasteiger partial charge < -0.3 is 10.1 Å². The van der Waals surface area contributed by atoms with Gasteiger partial charge in [-0.2, -0.15) is 5.26 Å². The number of nitriles is 1. The Kier molecular flexibility index (Phi) is 8.06. The molecule has 1 N–H and O–H groups in total. The summed E-state index contributed by atoms with van der Waals surface area (Å²) >= 11 is 1.37. The zero-order chi connectivity index (χ0) is 24.8. The van der Waals surface area contributed by atoms with Gasteiger partial charge in [-0.1, -0.05) is 18.2 Å². The summed E-state index contributed by atoms with van der Waals surface area (Å²) in [6, 6.07) is 16.8. The number of benzene rings is 2. The molecule has 0 aliphatic carbocycles. The second kappa shape index (κ2) is 11.4. The maximum atomic E-state index is 12.9. The minimum absolute atomic E-state index is 0.0991. The van der Waals surface area contributed by atoms with Crippen LogP contribution in [-0.4, -0.2) is 51.0 Å². The van der Waals surface area contributed by atoms with Crippen molar-refractivity contribution in [1.82, 2.24) is 19.7 Å². The van der Waals surface area contributed by atoms with Crippen LogP contribution in [0.4, 0.5) is 5.69 Å². The van der Waals surface area contributed by atoms with Crippen molar-refractivity contribution in [1.29, 1.82) is 5.26 Å². The van der Waals surface area contributed by atoms with E-state index in [1.807, 2.05) is 31.2 Å². The van der Waals surface area contributed by atoms with Crippen molar-refractivity contribution in [3.8, 4) is 17.5 Å². The summed E-state index contributed by atoms with van der Waals surface area (Å²) in [5.41, 5.74) is 2.13. The summed E-state index contributed by atoms with van der Waals surface area (Å²) < 4.78 is 7.38. The highest BCUT2D eigenvalue weighted by atomic mass is 32.2. The summed E-state index contributed by atoms with van der Waals surface area (Å²) in [5, 5.41) is 21.2. The first-order valence-electron chi connectivity index (χ1n) is 11.8. The number of amides is 1. The fourth-order valence-corrected chi connectivity index (χ4v) is 5.03. The van der Waals surface area contributed by atoms with Crippen LogP contribution >= 0.6 is 11.8 Å². The fourth-order valence-electron chi connectivity index (χ4n) is 4.15. The number of carbonyl (C=O) groups is 1. The van der Waals surface area contributed by atoms with Crippen molar-refractivity contribution in [3.63, 3.8) is 0 Å². The number of hydrogen-bond acceptors (Lipinski definition) is 7. The maximum absolute atomic E-state index is 12.9. The SMILES string of the molecule is COc1ccc(-n2c(S[C@@H](C)C(=O)Nc3ccc(C#N)cc3)nnc2[C@@H](C)N2CCCCC2)cc1. The molecule has 1 aliphatic rings. The average Bonchev–Trinajstić information content (AvgIpc) is 3.32. The molecule has 1 aliphatic heterocycles. The third-order valence-corrected chi connectivity index (χ3v) is 7.28. The highest BCUT2D eigenvalue weighted by Crippen LogP contribution is 2.32. The van der Waals surface area contributed by atoms with Gasteiger partial charge in [0.25, 0.3) is 0 Å². The first kappa shape index (κ1) is 24.8. The number of methoxy groups -OCH3 is 1. The molecule has 1 saturated heterocycles. The topological polar surface area (TPSA) is 96.1 Å². The van der Waals surface area contributed by atoms with E-state index >= 15 is 0 Å². The minimum atomic E-state index is -0.412. The zero-order valence-electron chi connectivity index (χ0n) is 20.3. The summed E-state index contributed by atoms with van der Waals surface area (Å²) in [7, 11) is 1.65. The molecule has 0 unspecified atom stereocenters. The van der Waals surface area contributed by atoms with Gasteiger partial charge in [-0.3, -0.25) is 14.3 Å². The van der Waals surface area contributed by atoms with E-state index in [1.54, 1.807) is 31.4 Å². The lowest BCUT2D eigenvalue weighted by atomic mass is 10.1. The van der Waals surface area contributed by atoms with E-state index in [2.05, 4.69) is 38.0 Å². The van der Waals surface area contributed by atoms with E-state index in [0.29, 0.717) is 16.4 Å². The van der Waals surface area contributed by atoms with E-state index in [-0.39, 0.29) is 11.9 Å². The van der Waals surface area contributed by atoms with Crippen molar-refractivity contribution in [2.75, 3.05) is 25.5 Å². The fraction of sp³-hybridized carbons (Fsp3) is 0.385. The Hall–Kier alpha value is -3.35.